The van der Waals surface area contributed by atoms with Crippen molar-refractivity contribution in [3.05, 3.63) is 34.9 Å². The van der Waals surface area contributed by atoms with E-state index in [0.29, 0.717) is 23.0 Å². The molecule has 0 fully saturated rings. The smallest absolute Gasteiger partial charge is 0.161 e. The Morgan fingerprint density at radius 2 is 2.23 bits per heavy atom. The third-order valence-electron chi connectivity index (χ3n) is 1.68. The molecule has 0 amide bonds. The number of Topliss-reactive ketones (excluding diaryl/α,β-unsaturated/α-hetero) is 1. The first-order chi connectivity index (χ1) is 6.19. The lowest BCUT2D eigenvalue weighted by Gasteiger charge is -1.98. The second-order valence-electron chi connectivity index (χ2n) is 2.59. The Hall–Kier alpha value is -1.95. The molecule has 0 aliphatic rings. The summed E-state index contributed by atoms with van der Waals surface area (Å²) in [6.07, 6.45) is 0.646. The Kier molecular flexibility index (Phi) is 2.56. The highest BCUT2D eigenvalue weighted by molar-refractivity contribution is 5.98. The number of hydrogen-bond acceptors (Lipinski definition) is 3. The van der Waals surface area contributed by atoms with Gasteiger partial charge in [-0.05, 0) is 19.1 Å². The first-order valence-corrected chi connectivity index (χ1v) is 3.69. The standard InChI is InChI=1S/C10H7NO2/c1-7(13)10-4-8(6-12)2-3-9(10)5-11/h2-4,6H,1H3. The van der Waals surface area contributed by atoms with Gasteiger partial charge in [-0.15, -0.1) is 0 Å². The maximum atomic E-state index is 11.0. The van der Waals surface area contributed by atoms with Gasteiger partial charge >= 0.3 is 0 Å². The number of nitrogens with zero attached hydrogens (tertiary/aromatic N) is 1. The Balaban J connectivity index is 3.36. The van der Waals surface area contributed by atoms with Gasteiger partial charge in [0.2, 0.25) is 0 Å². The highest BCUT2D eigenvalue weighted by Gasteiger charge is 2.06. The predicted octanol–water partition coefficient (Wildman–Crippen LogP) is 1.57. The summed E-state index contributed by atoms with van der Waals surface area (Å²) in [4.78, 5) is 21.4. The van der Waals surface area contributed by atoms with Crippen molar-refractivity contribution in [2.45, 2.75) is 6.92 Å². The lowest BCUT2D eigenvalue weighted by molar-refractivity contribution is 0.101. The zero-order valence-corrected chi connectivity index (χ0v) is 7.07. The molecule has 13 heavy (non-hydrogen) atoms. The maximum absolute atomic E-state index is 11.0. The average Bonchev–Trinajstić information content (AvgIpc) is 2.16. The number of aldehydes is 1. The van der Waals surface area contributed by atoms with Gasteiger partial charge in [0, 0.05) is 11.1 Å². The molecule has 0 heterocycles. The van der Waals surface area contributed by atoms with Crippen LogP contribution < -0.4 is 0 Å². The largest absolute Gasteiger partial charge is 0.298 e. The molecular weight excluding hydrogens is 166 g/mol. The van der Waals surface area contributed by atoms with Crippen LogP contribution in [0, 0.1) is 11.3 Å². The Morgan fingerprint density at radius 3 is 2.69 bits per heavy atom. The summed E-state index contributed by atoms with van der Waals surface area (Å²) in [7, 11) is 0. The van der Waals surface area contributed by atoms with Gasteiger partial charge in [0.05, 0.1) is 11.6 Å². The number of ketones is 1. The Labute approximate surface area is 75.6 Å². The molecule has 0 aliphatic carbocycles. The van der Waals surface area contributed by atoms with Gasteiger partial charge in [0.1, 0.15) is 6.29 Å². The van der Waals surface area contributed by atoms with E-state index >= 15 is 0 Å². The molecule has 0 aromatic heterocycles. The quantitative estimate of drug-likeness (QED) is 0.503. The zero-order valence-electron chi connectivity index (χ0n) is 7.07. The van der Waals surface area contributed by atoms with E-state index in [0.717, 1.165) is 0 Å². The van der Waals surface area contributed by atoms with Crippen LogP contribution in [-0.4, -0.2) is 12.1 Å². The van der Waals surface area contributed by atoms with Crippen LogP contribution in [-0.2, 0) is 0 Å². The van der Waals surface area contributed by atoms with Gasteiger partial charge in [0.25, 0.3) is 0 Å². The summed E-state index contributed by atoms with van der Waals surface area (Å²) in [6.45, 7) is 1.37. The van der Waals surface area contributed by atoms with Gasteiger partial charge in [-0.2, -0.15) is 5.26 Å². The van der Waals surface area contributed by atoms with Crippen molar-refractivity contribution in [3.8, 4) is 6.07 Å². The number of rotatable bonds is 2. The van der Waals surface area contributed by atoms with Gasteiger partial charge < -0.3 is 0 Å². The molecule has 0 radical (unpaired) electrons. The lowest BCUT2D eigenvalue weighted by Crippen LogP contribution is -1.97. The van der Waals surface area contributed by atoms with E-state index < -0.39 is 0 Å². The minimum absolute atomic E-state index is 0.208. The summed E-state index contributed by atoms with van der Waals surface area (Å²) < 4.78 is 0. The van der Waals surface area contributed by atoms with Crippen LogP contribution in [0.5, 0.6) is 0 Å². The summed E-state index contributed by atoms with van der Waals surface area (Å²) in [6, 6.07) is 6.30. The van der Waals surface area contributed by atoms with Crippen molar-refractivity contribution in [3.63, 3.8) is 0 Å². The predicted molar refractivity (Wildman–Crippen MR) is 46.5 cm³/mol. The van der Waals surface area contributed by atoms with Gasteiger partial charge in [0.15, 0.2) is 5.78 Å². The Bertz CT molecular complexity index is 402. The fourth-order valence-electron chi connectivity index (χ4n) is 1.02. The summed E-state index contributed by atoms with van der Waals surface area (Å²) >= 11 is 0. The molecule has 0 atom stereocenters. The summed E-state index contributed by atoms with van der Waals surface area (Å²) in [5.41, 5.74) is 1.01. The van der Waals surface area contributed by atoms with Crippen molar-refractivity contribution in [2.75, 3.05) is 0 Å². The first kappa shape index (κ1) is 9.14. The molecule has 0 N–H and O–H groups in total. The fourth-order valence-corrected chi connectivity index (χ4v) is 1.02. The average molecular weight is 173 g/mol. The van der Waals surface area contributed by atoms with Crippen molar-refractivity contribution in [1.82, 2.24) is 0 Å². The molecular formula is C10H7NO2. The van der Waals surface area contributed by atoms with Crippen LogP contribution in [0.15, 0.2) is 18.2 Å². The molecule has 1 aromatic rings. The number of carbonyl (C=O) groups excluding carboxylic acids is 2. The van der Waals surface area contributed by atoms with E-state index in [1.165, 1.54) is 25.1 Å². The summed E-state index contributed by atoms with van der Waals surface area (Å²) in [5, 5.41) is 8.64. The lowest BCUT2D eigenvalue weighted by atomic mass is 10.0. The van der Waals surface area contributed by atoms with Gasteiger partial charge in [-0.3, -0.25) is 9.59 Å². The molecule has 64 valence electrons. The van der Waals surface area contributed by atoms with E-state index in [2.05, 4.69) is 0 Å². The van der Waals surface area contributed by atoms with Crippen LogP contribution in [0.1, 0.15) is 33.2 Å². The van der Waals surface area contributed by atoms with E-state index in [1.54, 1.807) is 0 Å². The Morgan fingerprint density at radius 1 is 1.54 bits per heavy atom. The highest BCUT2D eigenvalue weighted by Crippen LogP contribution is 2.10. The third kappa shape index (κ3) is 1.79. The van der Waals surface area contributed by atoms with Crippen LogP contribution in [0.3, 0.4) is 0 Å². The van der Waals surface area contributed by atoms with Crippen LogP contribution >= 0.6 is 0 Å². The number of nitriles is 1. The third-order valence-corrected chi connectivity index (χ3v) is 1.68. The van der Waals surface area contributed by atoms with E-state index in [9.17, 15) is 9.59 Å². The molecule has 0 unspecified atom stereocenters. The van der Waals surface area contributed by atoms with E-state index in [4.69, 9.17) is 5.26 Å². The monoisotopic (exact) mass is 173 g/mol. The molecule has 1 aromatic carbocycles. The first-order valence-electron chi connectivity index (χ1n) is 3.69. The molecule has 0 aliphatic heterocycles. The second kappa shape index (κ2) is 3.63. The topological polar surface area (TPSA) is 57.9 Å². The highest BCUT2D eigenvalue weighted by atomic mass is 16.1. The number of carbonyl (C=O) groups is 2. The number of benzene rings is 1. The second-order valence-corrected chi connectivity index (χ2v) is 2.59. The SMILES string of the molecule is CC(=O)c1cc(C=O)ccc1C#N. The molecule has 0 saturated carbocycles. The minimum Gasteiger partial charge on any atom is -0.298 e. The molecule has 0 bridgehead atoms. The molecule has 0 spiro atoms. The van der Waals surface area contributed by atoms with Crippen LogP contribution in [0.25, 0.3) is 0 Å². The van der Waals surface area contributed by atoms with Crippen molar-refractivity contribution in [2.24, 2.45) is 0 Å². The van der Waals surface area contributed by atoms with E-state index in [1.807, 2.05) is 6.07 Å². The van der Waals surface area contributed by atoms with Crippen molar-refractivity contribution < 1.29 is 9.59 Å². The van der Waals surface area contributed by atoms with Crippen molar-refractivity contribution in [1.29, 1.82) is 5.26 Å². The molecule has 3 nitrogen and oxygen atoms in total. The van der Waals surface area contributed by atoms with Crippen LogP contribution in [0.2, 0.25) is 0 Å². The van der Waals surface area contributed by atoms with Crippen LogP contribution in [0.4, 0.5) is 0 Å². The molecule has 1 rings (SSSR count). The summed E-state index contributed by atoms with van der Waals surface area (Å²) in [5.74, 6) is -0.208. The van der Waals surface area contributed by atoms with Gasteiger partial charge in [-0.25, -0.2) is 0 Å². The van der Waals surface area contributed by atoms with Crippen molar-refractivity contribution >= 4 is 12.1 Å². The van der Waals surface area contributed by atoms with Gasteiger partial charge in [-0.1, -0.05) is 6.07 Å². The fraction of sp³-hybridized carbons (Fsp3) is 0.100. The zero-order chi connectivity index (χ0) is 9.84. The molecule has 3 heteroatoms. The van der Waals surface area contributed by atoms with E-state index in [-0.39, 0.29) is 5.78 Å². The maximum Gasteiger partial charge on any atom is 0.161 e. The normalized spacial score (nSPS) is 8.92. The number of hydrogen-bond donors (Lipinski definition) is 0. The molecule has 0 saturated heterocycles. The minimum atomic E-state index is -0.208.